The molecule has 0 aromatic carbocycles. The molecule has 0 spiro atoms. The molecule has 2 aliphatic heterocycles. The molecular weight excluding hydrogens is 180 g/mol. The van der Waals surface area contributed by atoms with Gasteiger partial charge in [0.05, 0.1) is 19.8 Å². The van der Waals surface area contributed by atoms with Crippen LogP contribution in [0.25, 0.3) is 0 Å². The van der Waals surface area contributed by atoms with Crippen LogP contribution in [0, 0.1) is 0 Å². The summed E-state index contributed by atoms with van der Waals surface area (Å²) in [7, 11) is 0. The minimum absolute atomic E-state index is 0.531. The van der Waals surface area contributed by atoms with Gasteiger partial charge >= 0.3 is 0 Å². The van der Waals surface area contributed by atoms with E-state index in [4.69, 9.17) is 15.5 Å². The number of hydrogen-bond donors (Lipinski definition) is 1. The van der Waals surface area contributed by atoms with Crippen molar-refractivity contribution in [2.75, 3.05) is 26.4 Å². The Bertz CT molecular complexity index is 155. The summed E-state index contributed by atoms with van der Waals surface area (Å²) < 4.78 is 5.40. The van der Waals surface area contributed by atoms with Gasteiger partial charge in [0, 0.05) is 18.6 Å². The molecule has 0 aromatic heterocycles. The molecule has 0 aromatic rings. The monoisotopic (exact) mass is 202 g/mol. The first kappa shape index (κ1) is 11.9. The fraction of sp³-hybridized carbons (Fsp3) is 1.00. The van der Waals surface area contributed by atoms with E-state index in [0.29, 0.717) is 18.7 Å². The molecule has 84 valence electrons. The maximum absolute atomic E-state index is 5.40. The summed E-state index contributed by atoms with van der Waals surface area (Å²) in [6.45, 7) is 7.45. The molecule has 2 N–H and O–H groups in total. The Balaban J connectivity index is 0.000000461. The molecule has 2 saturated heterocycles. The summed E-state index contributed by atoms with van der Waals surface area (Å²) in [5.41, 5.74) is 0. The molecule has 0 saturated carbocycles. The molecule has 0 bridgehead atoms. The van der Waals surface area contributed by atoms with Crippen LogP contribution in [0.1, 0.15) is 26.7 Å². The van der Waals surface area contributed by atoms with Gasteiger partial charge in [0.1, 0.15) is 0 Å². The van der Waals surface area contributed by atoms with Gasteiger partial charge in [-0.2, -0.15) is 0 Å². The smallest absolute Gasteiger partial charge is 0.0834 e. The van der Waals surface area contributed by atoms with Crippen molar-refractivity contribution in [3.05, 3.63) is 0 Å². The van der Waals surface area contributed by atoms with E-state index in [2.05, 4.69) is 4.90 Å². The Morgan fingerprint density at radius 3 is 2.93 bits per heavy atom. The van der Waals surface area contributed by atoms with Crippen molar-refractivity contribution in [2.24, 2.45) is 5.90 Å². The first-order chi connectivity index (χ1) is 6.92. The van der Waals surface area contributed by atoms with E-state index in [1.54, 1.807) is 0 Å². The van der Waals surface area contributed by atoms with E-state index >= 15 is 0 Å². The molecule has 4 nitrogen and oxygen atoms in total. The van der Waals surface area contributed by atoms with Gasteiger partial charge in [-0.3, -0.25) is 4.90 Å². The van der Waals surface area contributed by atoms with Crippen molar-refractivity contribution in [2.45, 2.75) is 38.8 Å². The van der Waals surface area contributed by atoms with Crippen molar-refractivity contribution < 1.29 is 9.57 Å². The van der Waals surface area contributed by atoms with Gasteiger partial charge in [0.25, 0.3) is 0 Å². The van der Waals surface area contributed by atoms with Crippen molar-refractivity contribution >= 4 is 0 Å². The average molecular weight is 202 g/mol. The van der Waals surface area contributed by atoms with Crippen molar-refractivity contribution in [3.63, 3.8) is 0 Å². The van der Waals surface area contributed by atoms with Crippen molar-refractivity contribution in [1.82, 2.24) is 4.90 Å². The number of nitrogens with two attached hydrogens (primary N) is 1. The van der Waals surface area contributed by atoms with Gasteiger partial charge in [-0.25, -0.2) is 5.90 Å². The summed E-state index contributed by atoms with van der Waals surface area (Å²) in [6, 6.07) is 1.16. The molecule has 4 heteroatoms. The van der Waals surface area contributed by atoms with E-state index in [1.165, 1.54) is 12.8 Å². The molecule has 0 radical (unpaired) electrons. The summed E-state index contributed by atoms with van der Waals surface area (Å²) in [4.78, 5) is 7.16. The lowest BCUT2D eigenvalue weighted by molar-refractivity contribution is -0.0209. The fourth-order valence-electron chi connectivity index (χ4n) is 2.24. The summed E-state index contributed by atoms with van der Waals surface area (Å²) in [5, 5.41) is 0. The lowest BCUT2D eigenvalue weighted by atomic mass is 10.2. The third-order valence-corrected chi connectivity index (χ3v) is 2.86. The molecule has 2 fully saturated rings. The van der Waals surface area contributed by atoms with Crippen LogP contribution in [0.2, 0.25) is 0 Å². The first-order valence-corrected chi connectivity index (χ1v) is 5.57. The molecule has 14 heavy (non-hydrogen) atoms. The van der Waals surface area contributed by atoms with Crippen LogP contribution in [0.4, 0.5) is 0 Å². The topological polar surface area (TPSA) is 47.7 Å². The normalized spacial score (nSPS) is 31.9. The van der Waals surface area contributed by atoms with Crippen LogP contribution in [-0.2, 0) is 9.57 Å². The number of ether oxygens (including phenoxy) is 1. The SMILES string of the molecule is CC.NOCC1CCC2COCCN12. The largest absolute Gasteiger partial charge is 0.378 e. The van der Waals surface area contributed by atoms with Gasteiger partial charge in [0.2, 0.25) is 0 Å². The summed E-state index contributed by atoms with van der Waals surface area (Å²) in [5.74, 6) is 5.07. The van der Waals surface area contributed by atoms with Gasteiger partial charge < -0.3 is 9.57 Å². The van der Waals surface area contributed by atoms with Gasteiger partial charge in [-0.1, -0.05) is 13.8 Å². The zero-order valence-electron chi connectivity index (χ0n) is 9.24. The standard InChI is InChI=1S/C8H16N2O2.C2H6/c9-12-6-8-2-1-7-5-11-4-3-10(7)8;1-2/h7-8H,1-6,9H2;1-2H3. The van der Waals surface area contributed by atoms with Crippen molar-refractivity contribution in [3.8, 4) is 0 Å². The fourth-order valence-corrected chi connectivity index (χ4v) is 2.24. The zero-order chi connectivity index (χ0) is 10.4. The predicted octanol–water partition coefficient (Wildman–Crippen LogP) is 0.766. The van der Waals surface area contributed by atoms with Crippen molar-refractivity contribution in [1.29, 1.82) is 0 Å². The Hall–Kier alpha value is -0.160. The molecule has 2 atom stereocenters. The number of morpholine rings is 1. The summed E-state index contributed by atoms with van der Waals surface area (Å²) in [6.07, 6.45) is 2.43. The lowest BCUT2D eigenvalue weighted by Gasteiger charge is -2.33. The van der Waals surface area contributed by atoms with E-state index in [-0.39, 0.29) is 0 Å². The third-order valence-electron chi connectivity index (χ3n) is 2.86. The zero-order valence-corrected chi connectivity index (χ0v) is 9.24. The van der Waals surface area contributed by atoms with E-state index in [1.807, 2.05) is 13.8 Å². The van der Waals surface area contributed by atoms with E-state index < -0.39 is 0 Å². The van der Waals surface area contributed by atoms with E-state index in [0.717, 1.165) is 19.8 Å². The molecule has 0 amide bonds. The average Bonchev–Trinajstić information content (AvgIpc) is 2.66. The molecule has 0 aliphatic carbocycles. The van der Waals surface area contributed by atoms with Gasteiger partial charge in [-0.05, 0) is 12.8 Å². The highest BCUT2D eigenvalue weighted by Gasteiger charge is 2.35. The first-order valence-electron chi connectivity index (χ1n) is 5.57. The highest BCUT2D eigenvalue weighted by molar-refractivity contribution is 4.89. The predicted molar refractivity (Wildman–Crippen MR) is 55.8 cm³/mol. The molecule has 2 rings (SSSR count). The molecule has 2 heterocycles. The van der Waals surface area contributed by atoms with Gasteiger partial charge in [0.15, 0.2) is 0 Å². The number of hydrogen-bond acceptors (Lipinski definition) is 4. The number of rotatable bonds is 2. The van der Waals surface area contributed by atoms with Crippen LogP contribution < -0.4 is 5.90 Å². The highest BCUT2D eigenvalue weighted by Crippen LogP contribution is 2.26. The second-order valence-electron chi connectivity index (χ2n) is 3.53. The number of fused-ring (bicyclic) bond motifs is 1. The maximum atomic E-state index is 5.40. The highest BCUT2D eigenvalue weighted by atomic mass is 16.6. The minimum Gasteiger partial charge on any atom is -0.378 e. The number of nitrogens with zero attached hydrogens (tertiary/aromatic N) is 1. The Morgan fingerprint density at radius 2 is 2.21 bits per heavy atom. The molecule has 2 unspecified atom stereocenters. The molecular formula is C10H22N2O2. The van der Waals surface area contributed by atoms with E-state index in [9.17, 15) is 0 Å². The Morgan fingerprint density at radius 1 is 1.43 bits per heavy atom. The van der Waals surface area contributed by atoms with Crippen LogP contribution in [0.15, 0.2) is 0 Å². The van der Waals surface area contributed by atoms with Gasteiger partial charge in [-0.15, -0.1) is 0 Å². The maximum Gasteiger partial charge on any atom is 0.0834 e. The Labute approximate surface area is 86.3 Å². The van der Waals surface area contributed by atoms with Crippen LogP contribution >= 0.6 is 0 Å². The quantitative estimate of drug-likeness (QED) is 0.672. The third kappa shape index (κ3) is 2.67. The summed E-state index contributed by atoms with van der Waals surface area (Å²) >= 11 is 0. The lowest BCUT2D eigenvalue weighted by Crippen LogP contribution is -2.46. The second-order valence-corrected chi connectivity index (χ2v) is 3.53. The van der Waals surface area contributed by atoms with Crippen LogP contribution in [0.5, 0.6) is 0 Å². The molecule has 2 aliphatic rings. The second kappa shape index (κ2) is 6.35. The van der Waals surface area contributed by atoms with Crippen LogP contribution in [0.3, 0.4) is 0 Å². The van der Waals surface area contributed by atoms with Crippen LogP contribution in [-0.4, -0.2) is 43.3 Å². The minimum atomic E-state index is 0.531. The Kier molecular flexibility index (Phi) is 5.40.